The fourth-order valence-corrected chi connectivity index (χ4v) is 11.2. The number of nitrogens with two attached hydrogens (primary N) is 4. The topological polar surface area (TPSA) is 430 Å². The molecule has 0 aliphatic carbocycles. The van der Waals surface area contributed by atoms with Crippen LogP contribution in [0, 0.1) is 36.9 Å². The number of halogens is 1. The number of aliphatic hydroxyl groups is 3. The van der Waals surface area contributed by atoms with Crippen molar-refractivity contribution in [3.63, 3.8) is 0 Å². The Kier molecular flexibility index (Phi) is 34.4. The average molecular weight is 1360 g/mol. The molecule has 0 fully saturated rings. The molecule has 0 heterocycles. The van der Waals surface area contributed by atoms with Crippen molar-refractivity contribution < 1.29 is 82.3 Å². The lowest BCUT2D eigenvalue weighted by atomic mass is 9.76. The zero-order valence-corrected chi connectivity index (χ0v) is 56.6. The van der Waals surface area contributed by atoms with E-state index in [-0.39, 0.29) is 44.7 Å². The molecular formula is C70H97FN8O16S. The van der Waals surface area contributed by atoms with Crippen LogP contribution in [0.2, 0.25) is 0 Å². The van der Waals surface area contributed by atoms with Gasteiger partial charge < -0.3 is 69.4 Å². The lowest BCUT2D eigenvalue weighted by molar-refractivity contribution is -0.142. The number of ketones is 4. The van der Waals surface area contributed by atoms with Gasteiger partial charge in [0, 0.05) is 44.4 Å². The normalized spacial score (nSPS) is 14.6. The molecule has 26 heteroatoms. The van der Waals surface area contributed by atoms with Crippen LogP contribution in [0.4, 0.5) is 4.39 Å². The van der Waals surface area contributed by atoms with E-state index in [0.29, 0.717) is 43.7 Å². The molecule has 526 valence electrons. The number of carboxylic acids is 1. The number of aliphatic carboxylic acids is 1. The van der Waals surface area contributed by atoms with Gasteiger partial charge in [-0.1, -0.05) is 91.7 Å². The first-order valence-electron chi connectivity index (χ1n) is 32.1. The molecule has 6 amide bonds. The molecule has 0 spiro atoms. The Morgan fingerprint density at radius 3 is 1.85 bits per heavy atom. The highest BCUT2D eigenvalue weighted by Crippen LogP contribution is 2.32. The van der Waals surface area contributed by atoms with Gasteiger partial charge in [0.2, 0.25) is 35.4 Å². The zero-order chi connectivity index (χ0) is 70.7. The largest absolute Gasteiger partial charge is 0.494 e. The molecular weight excluding hydrogens is 1260 g/mol. The van der Waals surface area contributed by atoms with E-state index in [4.69, 9.17) is 27.7 Å². The van der Waals surface area contributed by atoms with Crippen LogP contribution in [0.25, 0.3) is 11.1 Å². The van der Waals surface area contributed by atoms with Gasteiger partial charge >= 0.3 is 5.97 Å². The maximum atomic E-state index is 15.3. The van der Waals surface area contributed by atoms with E-state index >= 15 is 4.39 Å². The number of amides is 6. The molecule has 4 aromatic rings. The van der Waals surface area contributed by atoms with Gasteiger partial charge in [0.25, 0.3) is 0 Å². The van der Waals surface area contributed by atoms with Crippen LogP contribution in [-0.4, -0.2) is 147 Å². The molecule has 16 N–H and O–H groups in total. The van der Waals surface area contributed by atoms with Crippen molar-refractivity contribution in [2.24, 2.45) is 40.2 Å². The van der Waals surface area contributed by atoms with E-state index in [9.17, 15) is 73.2 Å². The van der Waals surface area contributed by atoms with Crippen molar-refractivity contribution in [2.75, 3.05) is 19.8 Å². The Bertz CT molecular complexity index is 3310. The zero-order valence-electron chi connectivity index (χ0n) is 55.6. The van der Waals surface area contributed by atoms with Gasteiger partial charge in [-0.25, -0.2) is 4.39 Å². The molecule has 0 aliphatic rings. The predicted molar refractivity (Wildman–Crippen MR) is 362 cm³/mol. The maximum Gasteiger partial charge on any atom is 0.305 e. The van der Waals surface area contributed by atoms with Crippen molar-refractivity contribution in [1.82, 2.24) is 21.3 Å². The summed E-state index contributed by atoms with van der Waals surface area (Å²) >= 11 is 0. The fourth-order valence-electron chi connectivity index (χ4n) is 11.2. The van der Waals surface area contributed by atoms with Gasteiger partial charge in [0.1, 0.15) is 35.5 Å². The number of carbonyl (C=O) groups is 11. The summed E-state index contributed by atoms with van der Waals surface area (Å²) in [5, 5.41) is 52.2. The first kappa shape index (κ1) is 82.0. The minimum Gasteiger partial charge on any atom is -0.494 e. The maximum absolute atomic E-state index is 15.3. The number of ether oxygens (including phenoxy) is 1. The third-order valence-electron chi connectivity index (χ3n) is 16.5. The van der Waals surface area contributed by atoms with Crippen LogP contribution in [0.1, 0.15) is 138 Å². The Morgan fingerprint density at radius 1 is 0.656 bits per heavy atom. The molecule has 0 aliphatic heterocycles. The van der Waals surface area contributed by atoms with E-state index in [1.807, 2.05) is 69.3 Å². The van der Waals surface area contributed by atoms with Gasteiger partial charge in [0.05, 0.1) is 55.3 Å². The van der Waals surface area contributed by atoms with Crippen LogP contribution in [0.3, 0.4) is 0 Å². The van der Waals surface area contributed by atoms with Crippen molar-refractivity contribution in [1.29, 1.82) is 0 Å². The van der Waals surface area contributed by atoms with Crippen molar-refractivity contribution in [3.8, 4) is 16.9 Å². The van der Waals surface area contributed by atoms with Gasteiger partial charge in [0.15, 0.2) is 17.3 Å². The summed E-state index contributed by atoms with van der Waals surface area (Å²) in [4.78, 5) is 148. The second-order valence-electron chi connectivity index (χ2n) is 24.9. The summed E-state index contributed by atoms with van der Waals surface area (Å²) in [6.07, 6.45) is -5.24. The number of Topliss-reactive ketones (excluding diaryl/α,β-unsaturated/α-hetero) is 4. The van der Waals surface area contributed by atoms with E-state index in [0.717, 1.165) is 59.2 Å². The van der Waals surface area contributed by atoms with Gasteiger partial charge in [-0.15, -0.1) is 0 Å². The van der Waals surface area contributed by atoms with Gasteiger partial charge in [-0.3, -0.25) is 52.7 Å². The summed E-state index contributed by atoms with van der Waals surface area (Å²) in [5.41, 5.74) is 26.8. The van der Waals surface area contributed by atoms with Gasteiger partial charge in [-0.2, -0.15) is 13.5 Å². The smallest absolute Gasteiger partial charge is 0.305 e. The minimum absolute atomic E-state index is 0. The highest BCUT2D eigenvalue weighted by molar-refractivity contribution is 7.59. The molecule has 0 radical (unpaired) electrons. The van der Waals surface area contributed by atoms with Crippen LogP contribution in [-0.2, 0) is 78.4 Å². The molecule has 4 aromatic carbocycles. The Balaban J connectivity index is 0.0000240. The first-order valence-corrected chi connectivity index (χ1v) is 32.1. The molecule has 4 rings (SSSR count). The van der Waals surface area contributed by atoms with Gasteiger partial charge in [-0.05, 0) is 144 Å². The third kappa shape index (κ3) is 26.7. The summed E-state index contributed by atoms with van der Waals surface area (Å²) in [7, 11) is 0. The molecule has 96 heavy (non-hydrogen) atoms. The molecule has 0 aromatic heterocycles. The van der Waals surface area contributed by atoms with Crippen molar-refractivity contribution in [2.45, 2.75) is 187 Å². The summed E-state index contributed by atoms with van der Waals surface area (Å²) in [5.74, 6) is -13.8. The number of hydrogen-bond donors (Lipinski definition) is 12. The number of carboxylic acid groups (broad SMARTS) is 1. The molecule has 0 saturated heterocycles. The lowest BCUT2D eigenvalue weighted by Crippen LogP contribution is -2.55. The number of hydrogen-bond acceptors (Lipinski definition) is 17. The summed E-state index contributed by atoms with van der Waals surface area (Å²) in [6.45, 7) is 9.40. The number of primary amides is 2. The Labute approximate surface area is 566 Å². The number of rotatable bonds is 44. The number of aliphatic hydroxyl groups excluding tert-OH is 3. The summed E-state index contributed by atoms with van der Waals surface area (Å²) < 4.78 is 21.3. The van der Waals surface area contributed by atoms with Crippen molar-refractivity contribution >= 4 is 78.0 Å². The number of aryl methyl sites for hydroxylation is 4. The SMILES string of the molecule is CCc1cc(OCCCCN)ccc1-c1ccc(C[C@H](CC(=O)[C@H](CC(=O)O)NC(=O)[C@H](CO)CC(=O)[C@@H](NC(=O)[C@@](C)(CC(=O)[C@@H](NC(=O)CCC(=O)[C@@H](N)CCC(N)=O)[C@@H](C)O)Cc2ccccc2F)[C@@H](C)O)C(=O)N[C@@H](CCCc2cc(C)cc(C)c2)C(N)=O)cc1.S. The third-order valence-corrected chi connectivity index (χ3v) is 16.5. The monoisotopic (exact) mass is 1360 g/mol. The molecule has 0 saturated carbocycles. The number of benzene rings is 4. The van der Waals surface area contributed by atoms with Crippen LogP contribution < -0.4 is 48.9 Å². The number of carbonyl (C=O) groups excluding carboxylic acids is 10. The van der Waals surface area contributed by atoms with Crippen LogP contribution in [0.15, 0.2) is 84.9 Å². The molecule has 0 unspecified atom stereocenters. The molecule has 0 bridgehead atoms. The van der Waals surface area contributed by atoms with Crippen LogP contribution in [0.5, 0.6) is 5.75 Å². The fraction of sp³-hybridized carbons (Fsp3) is 0.500. The quantitative estimate of drug-likeness (QED) is 0.0282. The predicted octanol–water partition coefficient (Wildman–Crippen LogP) is 3.42. The number of nitrogens with one attached hydrogen (secondary N) is 4. The standard InChI is InChI=1S/C70H95FN8O16.H2S/c1-7-46-33-51(95-28-11-10-27-72)21-22-52(46)47-19-17-44(18-20-47)32-49(67(92)76-55(66(75)91)16-12-13-45-30-40(2)29-41(3)31-45)34-58(84)56(36-63(89)90)77-68(93)50(39-80)35-59(85)64(42(4)81)79-69(94)70(6,37-48-14-8-9-15-53(48)71)38-60(86)65(43(5)82)78-62(88)26-24-57(83)54(73)23-25-61(74)87;/h8-9,14-15,17-22,29-31,33,42-43,49-50,54-56,64-65,80-82H,7,10-13,16,23-28,32,34-39,72-73H2,1-6H3,(H2,74,87)(H2,75,91)(H,76,92)(H,77,93)(H,78,88)(H,79,94)(H,89,90);1H2/t42-,43-,49-,50+,54+,55+,56+,64+,65+,70-;/m1./s1. The Hall–Kier alpha value is -8.27. The number of unbranched alkanes of at least 4 members (excludes halogenated alkanes) is 1. The lowest BCUT2D eigenvalue weighted by Gasteiger charge is -2.33. The van der Waals surface area contributed by atoms with E-state index in [2.05, 4.69) is 21.3 Å². The minimum atomic E-state index is -2.03. The highest BCUT2D eigenvalue weighted by Gasteiger charge is 2.43. The van der Waals surface area contributed by atoms with Crippen molar-refractivity contribution in [3.05, 3.63) is 124 Å². The Morgan fingerprint density at radius 2 is 1.27 bits per heavy atom. The van der Waals surface area contributed by atoms with E-state index < -0.39 is 182 Å². The first-order chi connectivity index (χ1) is 44.9. The summed E-state index contributed by atoms with van der Waals surface area (Å²) in [6, 6.07) is 16.5. The van der Waals surface area contributed by atoms with E-state index in [1.165, 1.54) is 32.0 Å². The van der Waals surface area contributed by atoms with E-state index in [1.54, 1.807) is 12.1 Å². The molecule has 10 atom stereocenters. The van der Waals surface area contributed by atoms with Crippen LogP contribution >= 0.6 is 13.5 Å². The molecule has 24 nitrogen and oxygen atoms in total. The average Bonchev–Trinajstić information content (AvgIpc) is 0.817. The second-order valence-corrected chi connectivity index (χ2v) is 24.9. The highest BCUT2D eigenvalue weighted by atomic mass is 32.1. The second kappa shape index (κ2) is 40.3.